The maximum absolute atomic E-state index is 14.8. The molecule has 232 valence electrons. The molecule has 4 rings (SSSR count). The Kier molecular flexibility index (Phi) is 9.72. The van der Waals surface area contributed by atoms with Gasteiger partial charge in [-0.05, 0) is 50.1 Å². The lowest BCUT2D eigenvalue weighted by molar-refractivity contribution is -0.0953. The molecule has 2 saturated heterocycles. The van der Waals surface area contributed by atoms with E-state index in [2.05, 4.69) is 5.32 Å². The monoisotopic (exact) mass is 616 g/mol. The molecule has 10 nitrogen and oxygen atoms in total. The Morgan fingerprint density at radius 1 is 1.17 bits per heavy atom. The topological polar surface area (TPSA) is 124 Å². The van der Waals surface area contributed by atoms with Crippen molar-refractivity contribution in [2.45, 2.75) is 61.3 Å². The molecule has 14 heteroatoms. The number of alkyl halides is 3. The quantitative estimate of drug-likeness (QED) is 0.373. The largest absolute Gasteiger partial charge is 0.497 e. The lowest BCUT2D eigenvalue weighted by Crippen LogP contribution is -2.53. The zero-order chi connectivity index (χ0) is 30.7. The molecule has 1 amide bonds. The average molecular weight is 617 g/mol. The highest BCUT2D eigenvalue weighted by Gasteiger charge is 2.60. The van der Waals surface area contributed by atoms with Gasteiger partial charge in [-0.15, -0.1) is 0 Å². The minimum Gasteiger partial charge on any atom is -0.497 e. The van der Waals surface area contributed by atoms with E-state index in [1.807, 2.05) is 0 Å². The maximum Gasteiger partial charge on any atom is 0.407 e. The predicted octanol–water partition coefficient (Wildman–Crippen LogP) is 3.14. The first-order valence-electron chi connectivity index (χ1n) is 13.3. The number of aliphatic hydroxyl groups is 1. The molecule has 2 aliphatic rings. The fourth-order valence-electron chi connectivity index (χ4n) is 4.97. The van der Waals surface area contributed by atoms with Crippen LogP contribution in [0.1, 0.15) is 19.4 Å². The van der Waals surface area contributed by atoms with Crippen molar-refractivity contribution in [1.82, 2.24) is 9.62 Å². The van der Waals surface area contributed by atoms with Crippen molar-refractivity contribution in [2.24, 2.45) is 5.92 Å². The Labute approximate surface area is 242 Å². The van der Waals surface area contributed by atoms with Gasteiger partial charge < -0.3 is 29.4 Å². The molecule has 2 fully saturated rings. The number of hydrogen-bond acceptors (Lipinski definition) is 8. The summed E-state index contributed by atoms with van der Waals surface area (Å²) in [6.45, 7) is 0.0479. The number of carbonyl (C=O) groups is 1. The number of aliphatic hydroxyl groups excluding tert-OH is 1. The van der Waals surface area contributed by atoms with Crippen LogP contribution in [0.4, 0.5) is 18.0 Å². The highest BCUT2D eigenvalue weighted by molar-refractivity contribution is 7.89. The van der Waals surface area contributed by atoms with E-state index in [0.717, 1.165) is 4.31 Å². The van der Waals surface area contributed by atoms with Gasteiger partial charge in [0.2, 0.25) is 10.0 Å². The number of benzene rings is 2. The minimum absolute atomic E-state index is 0.0268. The van der Waals surface area contributed by atoms with Gasteiger partial charge in [0.1, 0.15) is 30.0 Å². The van der Waals surface area contributed by atoms with Crippen LogP contribution in [0.25, 0.3) is 0 Å². The van der Waals surface area contributed by atoms with Crippen molar-refractivity contribution in [2.75, 3.05) is 33.4 Å². The normalized spacial score (nSPS) is 23.3. The van der Waals surface area contributed by atoms with Gasteiger partial charge >= 0.3 is 6.09 Å². The summed E-state index contributed by atoms with van der Waals surface area (Å²) in [6, 6.07) is 13.0. The smallest absolute Gasteiger partial charge is 0.407 e. The van der Waals surface area contributed by atoms with E-state index in [9.17, 15) is 31.5 Å². The molecular formula is C28H35F3N2O8S. The van der Waals surface area contributed by atoms with Crippen molar-refractivity contribution in [3.8, 4) is 5.75 Å². The van der Waals surface area contributed by atoms with Gasteiger partial charge in [-0.1, -0.05) is 30.3 Å². The molecule has 1 unspecified atom stereocenters. The summed E-state index contributed by atoms with van der Waals surface area (Å²) in [4.78, 5) is 12.8. The van der Waals surface area contributed by atoms with Gasteiger partial charge in [-0.3, -0.25) is 0 Å². The zero-order valence-corrected chi connectivity index (χ0v) is 24.2. The number of rotatable bonds is 12. The van der Waals surface area contributed by atoms with Crippen LogP contribution >= 0.6 is 0 Å². The van der Waals surface area contributed by atoms with Crippen LogP contribution in [0.2, 0.25) is 0 Å². The summed E-state index contributed by atoms with van der Waals surface area (Å²) in [7, 11) is -2.89. The fraction of sp³-hybridized carbons (Fsp3) is 0.536. The Hall–Kier alpha value is -2.91. The molecule has 2 aromatic carbocycles. The van der Waals surface area contributed by atoms with Gasteiger partial charge in [0.25, 0.3) is 5.92 Å². The van der Waals surface area contributed by atoms with Crippen LogP contribution in [-0.2, 0) is 30.7 Å². The first kappa shape index (κ1) is 32.0. The molecule has 0 aliphatic carbocycles. The van der Waals surface area contributed by atoms with Crippen molar-refractivity contribution in [1.29, 1.82) is 0 Å². The van der Waals surface area contributed by atoms with Crippen LogP contribution in [0.5, 0.6) is 5.75 Å². The summed E-state index contributed by atoms with van der Waals surface area (Å²) in [5.41, 5.74) is -1.30. The van der Waals surface area contributed by atoms with Crippen molar-refractivity contribution < 1.29 is 50.4 Å². The number of alkyl carbamates (subject to hydrolysis) is 1. The number of methoxy groups -OCH3 is 1. The second-order valence-corrected chi connectivity index (χ2v) is 12.9. The van der Waals surface area contributed by atoms with Crippen molar-refractivity contribution >= 4 is 16.1 Å². The van der Waals surface area contributed by atoms with Crippen molar-refractivity contribution in [3.05, 3.63) is 60.2 Å². The Balaban J connectivity index is 1.54. The molecule has 0 spiro atoms. The van der Waals surface area contributed by atoms with Crippen LogP contribution in [0.15, 0.2) is 59.5 Å². The zero-order valence-electron chi connectivity index (χ0n) is 23.4. The predicted molar refractivity (Wildman–Crippen MR) is 144 cm³/mol. The fourth-order valence-corrected chi connectivity index (χ4v) is 6.57. The number of carbonyl (C=O) groups excluding carboxylic acids is 1. The summed E-state index contributed by atoms with van der Waals surface area (Å²) in [5, 5.41) is 13.8. The number of sulfonamides is 1. The molecule has 2 aromatic rings. The summed E-state index contributed by atoms with van der Waals surface area (Å²) in [5.74, 6) is -4.33. The third kappa shape index (κ3) is 7.72. The summed E-state index contributed by atoms with van der Waals surface area (Å²) in [6.07, 6.45) is -5.15. The number of halogens is 3. The SMILES string of the molecule is COc1ccc(S(=O)(=O)N(C[C@@H](O)[C@H](Cc2ccccc2)NC(=O)OC2CO[C@H]3OCC(F)(F)[C@@H]23)CC(C)(C)F)cc1. The van der Waals surface area contributed by atoms with Crippen LogP contribution in [0.3, 0.4) is 0 Å². The molecule has 5 atom stereocenters. The van der Waals surface area contributed by atoms with Gasteiger partial charge in [0, 0.05) is 13.1 Å². The van der Waals surface area contributed by atoms with Gasteiger partial charge in [0.05, 0.1) is 30.8 Å². The molecule has 0 aromatic heterocycles. The van der Waals surface area contributed by atoms with Crippen LogP contribution < -0.4 is 10.1 Å². The van der Waals surface area contributed by atoms with E-state index in [1.54, 1.807) is 30.3 Å². The number of amides is 1. The minimum atomic E-state index is -4.31. The van der Waals surface area contributed by atoms with E-state index in [1.165, 1.54) is 45.2 Å². The van der Waals surface area contributed by atoms with E-state index >= 15 is 0 Å². The summed E-state index contributed by atoms with van der Waals surface area (Å²) >= 11 is 0. The highest BCUT2D eigenvalue weighted by Crippen LogP contribution is 2.43. The molecule has 0 saturated carbocycles. The maximum atomic E-state index is 14.8. The lowest BCUT2D eigenvalue weighted by Gasteiger charge is -2.32. The molecule has 2 heterocycles. The van der Waals surface area contributed by atoms with E-state index in [-0.39, 0.29) is 17.9 Å². The Morgan fingerprint density at radius 2 is 1.83 bits per heavy atom. The molecule has 2 N–H and O–H groups in total. The second kappa shape index (κ2) is 12.8. The van der Waals surface area contributed by atoms with Crippen LogP contribution in [-0.4, -0.2) is 93.5 Å². The molecule has 0 bridgehead atoms. The van der Waals surface area contributed by atoms with E-state index in [4.69, 9.17) is 18.9 Å². The molecule has 42 heavy (non-hydrogen) atoms. The second-order valence-electron chi connectivity index (χ2n) is 10.9. The Morgan fingerprint density at radius 3 is 2.45 bits per heavy atom. The number of nitrogens with zero attached hydrogens (tertiary/aromatic N) is 1. The summed E-state index contributed by atoms with van der Waals surface area (Å²) < 4.78 is 91.8. The van der Waals surface area contributed by atoms with Gasteiger partial charge in [-0.2, -0.15) is 4.31 Å². The molecule has 2 aliphatic heterocycles. The number of hydrogen-bond donors (Lipinski definition) is 2. The third-order valence-corrected chi connectivity index (χ3v) is 8.84. The number of fused-ring (bicyclic) bond motifs is 1. The molecule has 0 radical (unpaired) electrons. The number of ether oxygens (including phenoxy) is 4. The van der Waals surface area contributed by atoms with Gasteiger partial charge in [-0.25, -0.2) is 26.4 Å². The van der Waals surface area contributed by atoms with Gasteiger partial charge in [0.15, 0.2) is 6.29 Å². The highest BCUT2D eigenvalue weighted by atomic mass is 32.2. The average Bonchev–Trinajstić information content (AvgIpc) is 3.48. The first-order chi connectivity index (χ1) is 19.7. The first-order valence-corrected chi connectivity index (χ1v) is 14.8. The van der Waals surface area contributed by atoms with Crippen LogP contribution in [0, 0.1) is 5.92 Å². The standard InChI is InChI=1S/C28H35F3N2O8S/c1-27(2,29)16-33(42(36,37)20-11-9-19(38-3)10-12-20)14-22(34)21(13-18-7-5-4-6-8-18)32-26(35)41-23-15-39-25-24(23)28(30,31)17-40-25/h4-12,21-25,34H,13-17H2,1-3H3,(H,32,35)/t21-,22+,23?,24-,25-/m0/s1. The molecular weight excluding hydrogens is 581 g/mol. The number of nitrogens with one attached hydrogen (secondary N) is 1. The van der Waals surface area contributed by atoms with E-state index < -0.39 is 77.9 Å². The lowest BCUT2D eigenvalue weighted by atomic mass is 9.99. The van der Waals surface area contributed by atoms with Crippen molar-refractivity contribution in [3.63, 3.8) is 0 Å². The Bertz CT molecular complexity index is 1310. The third-order valence-electron chi connectivity index (χ3n) is 7.01. The van der Waals surface area contributed by atoms with E-state index in [0.29, 0.717) is 11.3 Å².